The van der Waals surface area contributed by atoms with Gasteiger partial charge in [0.05, 0.1) is 6.54 Å². The van der Waals surface area contributed by atoms with Crippen LogP contribution in [0.4, 0.5) is 10.5 Å². The summed E-state index contributed by atoms with van der Waals surface area (Å²) in [5.41, 5.74) is 3.27. The number of benzene rings is 1. The van der Waals surface area contributed by atoms with Crippen molar-refractivity contribution in [2.45, 2.75) is 25.8 Å². The Balaban J connectivity index is 1.27. The Morgan fingerprint density at radius 1 is 1.16 bits per heavy atom. The minimum absolute atomic E-state index is 0.0629. The van der Waals surface area contributed by atoms with E-state index in [1.165, 1.54) is 0 Å². The molecule has 2 aliphatic heterocycles. The largest absolute Gasteiger partial charge is 0.445 e. The number of rotatable bonds is 5. The number of aromatic nitrogens is 2. The van der Waals surface area contributed by atoms with E-state index >= 15 is 0 Å². The fraction of sp³-hybridized carbons (Fsp3) is 0.304. The van der Waals surface area contributed by atoms with Crippen LogP contribution in [0.15, 0.2) is 53.2 Å². The lowest BCUT2D eigenvalue weighted by Gasteiger charge is -2.26. The molecule has 2 aromatic heterocycles. The summed E-state index contributed by atoms with van der Waals surface area (Å²) in [7, 11) is 0. The molecule has 5 rings (SSSR count). The van der Waals surface area contributed by atoms with Gasteiger partial charge >= 0.3 is 6.03 Å². The van der Waals surface area contributed by atoms with Gasteiger partial charge in [-0.05, 0) is 36.2 Å². The number of carbonyl (C=O) groups excluding carboxylic acids is 2. The predicted molar refractivity (Wildman–Crippen MR) is 114 cm³/mol. The van der Waals surface area contributed by atoms with Crippen LogP contribution in [0.3, 0.4) is 0 Å². The van der Waals surface area contributed by atoms with E-state index in [1.807, 2.05) is 30.5 Å². The minimum atomic E-state index is -0.131. The van der Waals surface area contributed by atoms with E-state index in [4.69, 9.17) is 4.42 Å². The molecule has 8 nitrogen and oxygen atoms in total. The Morgan fingerprint density at radius 3 is 2.90 bits per heavy atom. The number of amides is 3. The number of urea groups is 1. The van der Waals surface area contributed by atoms with Crippen molar-refractivity contribution >= 4 is 17.6 Å². The SMILES string of the molecule is O=C(c1cccc(N2CCNC2=O)c1)N1CCc2oc(CCc3cccnc3)nc2C1. The van der Waals surface area contributed by atoms with E-state index in [2.05, 4.69) is 15.3 Å². The van der Waals surface area contributed by atoms with Gasteiger partial charge in [0.2, 0.25) is 0 Å². The summed E-state index contributed by atoms with van der Waals surface area (Å²) in [5, 5.41) is 2.78. The summed E-state index contributed by atoms with van der Waals surface area (Å²) in [6.07, 6.45) is 5.77. The Bertz CT molecular complexity index is 1110. The van der Waals surface area contributed by atoms with Crippen molar-refractivity contribution in [3.8, 4) is 0 Å². The maximum atomic E-state index is 13.1. The highest BCUT2D eigenvalue weighted by Gasteiger charge is 2.27. The van der Waals surface area contributed by atoms with Crippen LogP contribution in [-0.2, 0) is 25.8 Å². The average molecular weight is 417 g/mol. The first-order chi connectivity index (χ1) is 15.2. The molecule has 4 heterocycles. The Morgan fingerprint density at radius 2 is 2.10 bits per heavy atom. The summed E-state index contributed by atoms with van der Waals surface area (Å²) in [5.74, 6) is 1.50. The van der Waals surface area contributed by atoms with Crippen molar-refractivity contribution in [1.82, 2.24) is 20.2 Å². The van der Waals surface area contributed by atoms with Crippen molar-refractivity contribution in [2.75, 3.05) is 24.5 Å². The molecule has 3 aromatic rings. The lowest BCUT2D eigenvalue weighted by atomic mass is 10.1. The number of anilines is 1. The van der Waals surface area contributed by atoms with Gasteiger partial charge in [-0.15, -0.1) is 0 Å². The summed E-state index contributed by atoms with van der Waals surface area (Å²) >= 11 is 0. The fourth-order valence-corrected chi connectivity index (χ4v) is 4.04. The second-order valence-corrected chi connectivity index (χ2v) is 7.75. The lowest BCUT2D eigenvalue weighted by Crippen LogP contribution is -2.36. The monoisotopic (exact) mass is 417 g/mol. The van der Waals surface area contributed by atoms with E-state index in [-0.39, 0.29) is 11.9 Å². The van der Waals surface area contributed by atoms with Gasteiger partial charge in [-0.2, -0.15) is 0 Å². The molecule has 158 valence electrons. The topological polar surface area (TPSA) is 91.6 Å². The maximum Gasteiger partial charge on any atom is 0.321 e. The number of pyridine rings is 1. The third kappa shape index (κ3) is 4.01. The van der Waals surface area contributed by atoms with E-state index in [1.54, 1.807) is 28.1 Å². The number of nitrogens with zero attached hydrogens (tertiary/aromatic N) is 4. The van der Waals surface area contributed by atoms with Crippen molar-refractivity contribution in [1.29, 1.82) is 0 Å². The number of hydrogen-bond donors (Lipinski definition) is 1. The zero-order valence-electron chi connectivity index (χ0n) is 17.1. The molecule has 0 radical (unpaired) electrons. The molecular formula is C23H23N5O3. The standard InChI is InChI=1S/C23H23N5O3/c29-22(17-4-1-5-18(13-17)28-12-10-25-23(28)30)27-11-8-20-19(15-27)26-21(31-20)7-6-16-3-2-9-24-14-16/h1-5,9,13-14H,6-8,10-12,15H2,(H,25,30). The van der Waals surface area contributed by atoms with Gasteiger partial charge in [0.25, 0.3) is 5.91 Å². The maximum absolute atomic E-state index is 13.1. The molecule has 1 aromatic carbocycles. The van der Waals surface area contributed by atoms with Crippen LogP contribution in [0, 0.1) is 0 Å². The minimum Gasteiger partial charge on any atom is -0.445 e. The molecule has 0 atom stereocenters. The number of fused-ring (bicyclic) bond motifs is 1. The number of nitrogens with one attached hydrogen (secondary N) is 1. The zero-order valence-corrected chi connectivity index (χ0v) is 17.1. The van der Waals surface area contributed by atoms with Crippen molar-refractivity contribution < 1.29 is 14.0 Å². The van der Waals surface area contributed by atoms with E-state index in [9.17, 15) is 9.59 Å². The van der Waals surface area contributed by atoms with E-state index in [0.29, 0.717) is 50.5 Å². The van der Waals surface area contributed by atoms with Gasteiger partial charge in [0.1, 0.15) is 11.5 Å². The predicted octanol–water partition coefficient (Wildman–Crippen LogP) is 2.58. The first-order valence-electron chi connectivity index (χ1n) is 10.5. The first kappa shape index (κ1) is 19.3. The van der Waals surface area contributed by atoms with Gasteiger partial charge < -0.3 is 14.6 Å². The highest BCUT2D eigenvalue weighted by molar-refractivity contribution is 5.98. The second-order valence-electron chi connectivity index (χ2n) is 7.75. The molecule has 0 spiro atoms. The molecule has 0 unspecified atom stereocenters. The molecule has 31 heavy (non-hydrogen) atoms. The van der Waals surface area contributed by atoms with Crippen LogP contribution in [-0.4, -0.2) is 46.4 Å². The van der Waals surface area contributed by atoms with E-state index < -0.39 is 0 Å². The molecule has 1 fully saturated rings. The lowest BCUT2D eigenvalue weighted by molar-refractivity contribution is 0.0728. The molecule has 0 aliphatic carbocycles. The average Bonchev–Trinajstić information content (AvgIpc) is 3.43. The van der Waals surface area contributed by atoms with Crippen molar-refractivity contribution in [3.63, 3.8) is 0 Å². The summed E-state index contributed by atoms with van der Waals surface area (Å²) in [4.78, 5) is 37.3. The van der Waals surface area contributed by atoms with Crippen LogP contribution in [0.25, 0.3) is 0 Å². The summed E-state index contributed by atoms with van der Waals surface area (Å²) < 4.78 is 5.94. The summed E-state index contributed by atoms with van der Waals surface area (Å²) in [6.45, 7) is 2.22. The number of hydrogen-bond acceptors (Lipinski definition) is 5. The van der Waals surface area contributed by atoms with E-state index in [0.717, 1.165) is 29.1 Å². The van der Waals surface area contributed by atoms with Crippen LogP contribution in [0.1, 0.15) is 33.3 Å². The normalized spacial score (nSPS) is 15.7. The smallest absolute Gasteiger partial charge is 0.321 e. The Kier molecular flexibility index (Phi) is 5.11. The number of aryl methyl sites for hydroxylation is 2. The third-order valence-corrected chi connectivity index (χ3v) is 5.67. The van der Waals surface area contributed by atoms with Crippen molar-refractivity contribution in [3.05, 3.63) is 77.3 Å². The van der Waals surface area contributed by atoms with Gasteiger partial charge in [0, 0.05) is 56.1 Å². The number of oxazole rings is 1. The molecule has 8 heteroatoms. The molecule has 1 N–H and O–H groups in total. The molecule has 0 bridgehead atoms. The van der Waals surface area contributed by atoms with Gasteiger partial charge in [-0.25, -0.2) is 9.78 Å². The second kappa shape index (κ2) is 8.22. The van der Waals surface area contributed by atoms with Crippen molar-refractivity contribution in [2.24, 2.45) is 0 Å². The third-order valence-electron chi connectivity index (χ3n) is 5.67. The van der Waals surface area contributed by atoms with Gasteiger partial charge in [-0.3, -0.25) is 14.7 Å². The fourth-order valence-electron chi connectivity index (χ4n) is 4.04. The molecule has 0 saturated carbocycles. The molecule has 2 aliphatic rings. The highest BCUT2D eigenvalue weighted by Crippen LogP contribution is 2.24. The number of carbonyl (C=O) groups is 2. The Labute approximate surface area is 179 Å². The van der Waals surface area contributed by atoms with Crippen LogP contribution in [0.5, 0.6) is 0 Å². The quantitative estimate of drug-likeness (QED) is 0.689. The van der Waals surface area contributed by atoms with Crippen LogP contribution < -0.4 is 10.2 Å². The molecular weight excluding hydrogens is 394 g/mol. The zero-order chi connectivity index (χ0) is 21.2. The van der Waals surface area contributed by atoms with Crippen LogP contribution in [0.2, 0.25) is 0 Å². The van der Waals surface area contributed by atoms with Gasteiger partial charge in [-0.1, -0.05) is 12.1 Å². The summed E-state index contributed by atoms with van der Waals surface area (Å²) in [6, 6.07) is 11.1. The molecule has 3 amide bonds. The Hall–Kier alpha value is -3.68. The first-order valence-corrected chi connectivity index (χ1v) is 10.5. The van der Waals surface area contributed by atoms with Crippen LogP contribution >= 0.6 is 0 Å². The molecule has 1 saturated heterocycles. The highest BCUT2D eigenvalue weighted by atomic mass is 16.4. The van der Waals surface area contributed by atoms with Gasteiger partial charge in [0.15, 0.2) is 5.89 Å².